The van der Waals surface area contributed by atoms with Crippen LogP contribution in [0.5, 0.6) is 0 Å². The van der Waals surface area contributed by atoms with Gasteiger partial charge in [0.05, 0.1) is 19.8 Å². The van der Waals surface area contributed by atoms with Crippen molar-refractivity contribution in [3.8, 4) is 23.7 Å². The Balaban J connectivity index is 1.08. The zero-order chi connectivity index (χ0) is 26.7. The van der Waals surface area contributed by atoms with Gasteiger partial charge in [-0.3, -0.25) is 0 Å². The lowest BCUT2D eigenvalue weighted by Crippen LogP contribution is -2.42. The highest BCUT2D eigenvalue weighted by atomic mass is 16.6. The Morgan fingerprint density at radius 1 is 0.737 bits per heavy atom. The van der Waals surface area contributed by atoms with Crippen LogP contribution < -0.4 is 10.6 Å². The third-order valence-electron chi connectivity index (χ3n) is 8.54. The number of fused-ring (bicyclic) bond motifs is 2. The third-order valence-corrected chi connectivity index (χ3v) is 8.54. The maximum absolute atomic E-state index is 12.4. The summed E-state index contributed by atoms with van der Waals surface area (Å²) in [5, 5.41) is 5.47. The predicted octanol–water partition coefficient (Wildman–Crippen LogP) is 4.42. The molecule has 2 saturated carbocycles. The second-order valence-corrected chi connectivity index (χ2v) is 10.9. The van der Waals surface area contributed by atoms with E-state index in [1.807, 2.05) is 0 Å². The summed E-state index contributed by atoms with van der Waals surface area (Å²) in [5.41, 5.74) is 0. The Hall–Kier alpha value is -2.87. The number of esters is 1. The molecule has 0 aromatic rings. The number of unbranched alkanes of at least 4 members (excludes halogenated alkanes) is 1. The summed E-state index contributed by atoms with van der Waals surface area (Å²) in [5.74, 6) is 15.6. The molecule has 0 bridgehead atoms. The Bertz CT molecular complexity index is 923. The summed E-state index contributed by atoms with van der Waals surface area (Å²) >= 11 is 0. The largest absolute Gasteiger partial charge is 0.464 e. The average Bonchev–Trinajstić information content (AvgIpc) is 3.73. The van der Waals surface area contributed by atoms with Gasteiger partial charge in [0.25, 0.3) is 0 Å². The van der Waals surface area contributed by atoms with Crippen LogP contribution >= 0.6 is 0 Å². The fourth-order valence-electron chi connectivity index (χ4n) is 6.30. The zero-order valence-corrected chi connectivity index (χ0v) is 22.6. The van der Waals surface area contributed by atoms with Crippen molar-refractivity contribution in [2.24, 2.45) is 35.5 Å². The summed E-state index contributed by atoms with van der Waals surface area (Å²) in [4.78, 5) is 36.9. The number of hydrogen-bond donors (Lipinski definition) is 2. The third kappa shape index (κ3) is 8.32. The van der Waals surface area contributed by atoms with Crippen LogP contribution in [-0.4, -0.2) is 50.6 Å². The SMILES string of the molecule is CCOC(=O)[C@H](CCCCNC(=O)OCC1[C@H]2CCC#CCC[C@@H]12)NC(=O)OCC1[C@H]2CCC#CCC[C@@H]12. The molecule has 0 aromatic carbocycles. The molecule has 2 N–H and O–H groups in total. The van der Waals surface area contributed by atoms with E-state index in [1.165, 1.54) is 0 Å². The molecule has 0 heterocycles. The molecular formula is C30H42N2O6. The molecule has 0 spiro atoms. The summed E-state index contributed by atoms with van der Waals surface area (Å²) in [6.45, 7) is 3.26. The lowest BCUT2D eigenvalue weighted by atomic mass is 10.1. The Kier molecular flexibility index (Phi) is 10.6. The van der Waals surface area contributed by atoms with Gasteiger partial charge in [0.1, 0.15) is 6.04 Å². The van der Waals surface area contributed by atoms with Crippen molar-refractivity contribution < 1.29 is 28.6 Å². The second kappa shape index (κ2) is 14.3. The molecule has 0 aliphatic heterocycles. The first-order valence-corrected chi connectivity index (χ1v) is 14.5. The van der Waals surface area contributed by atoms with Crippen LogP contribution in [0.2, 0.25) is 0 Å². The van der Waals surface area contributed by atoms with Crippen molar-refractivity contribution in [3.63, 3.8) is 0 Å². The molecule has 2 unspecified atom stereocenters. The van der Waals surface area contributed by atoms with Gasteiger partial charge < -0.3 is 24.8 Å². The topological polar surface area (TPSA) is 103 Å². The molecule has 2 amide bonds. The van der Waals surface area contributed by atoms with Crippen LogP contribution in [0.3, 0.4) is 0 Å². The van der Waals surface area contributed by atoms with E-state index in [9.17, 15) is 14.4 Å². The predicted molar refractivity (Wildman–Crippen MR) is 142 cm³/mol. The maximum Gasteiger partial charge on any atom is 0.407 e. The summed E-state index contributed by atoms with van der Waals surface area (Å²) in [6.07, 6.45) is 8.77. The fourth-order valence-corrected chi connectivity index (χ4v) is 6.30. The van der Waals surface area contributed by atoms with Crippen molar-refractivity contribution in [1.29, 1.82) is 0 Å². The minimum atomic E-state index is -0.772. The van der Waals surface area contributed by atoms with Gasteiger partial charge in [-0.25, -0.2) is 14.4 Å². The van der Waals surface area contributed by atoms with Crippen LogP contribution in [-0.2, 0) is 19.0 Å². The summed E-state index contributed by atoms with van der Waals surface area (Å²) in [6, 6.07) is -0.772. The lowest BCUT2D eigenvalue weighted by Gasteiger charge is -2.17. The molecule has 4 aliphatic carbocycles. The highest BCUT2D eigenvalue weighted by molar-refractivity contribution is 5.81. The van der Waals surface area contributed by atoms with E-state index in [0.29, 0.717) is 74.5 Å². The number of carbonyl (C=O) groups is 3. The zero-order valence-electron chi connectivity index (χ0n) is 22.6. The molecule has 208 valence electrons. The highest BCUT2D eigenvalue weighted by Gasteiger charge is 2.50. The van der Waals surface area contributed by atoms with Gasteiger partial charge >= 0.3 is 18.2 Å². The number of nitrogens with one attached hydrogen (secondary N) is 2. The number of alkyl carbamates (subject to hydrolysis) is 2. The van der Waals surface area contributed by atoms with E-state index in [4.69, 9.17) is 14.2 Å². The van der Waals surface area contributed by atoms with Crippen molar-refractivity contribution in [2.45, 2.75) is 83.6 Å². The van der Waals surface area contributed by atoms with Crippen molar-refractivity contribution >= 4 is 18.2 Å². The summed E-state index contributed by atoms with van der Waals surface area (Å²) < 4.78 is 16.1. The number of carbonyl (C=O) groups excluding carboxylic acids is 3. The smallest absolute Gasteiger partial charge is 0.407 e. The van der Waals surface area contributed by atoms with Crippen LogP contribution in [0.25, 0.3) is 0 Å². The quantitative estimate of drug-likeness (QED) is 0.169. The Morgan fingerprint density at radius 2 is 1.24 bits per heavy atom. The first-order valence-electron chi connectivity index (χ1n) is 14.5. The van der Waals surface area contributed by atoms with Crippen molar-refractivity contribution in [1.82, 2.24) is 10.6 Å². The molecule has 0 radical (unpaired) electrons. The van der Waals surface area contributed by atoms with Gasteiger partial charge in [0, 0.05) is 32.2 Å². The molecule has 4 rings (SSSR count). The average molecular weight is 527 g/mol. The minimum absolute atomic E-state index is 0.239. The first-order chi connectivity index (χ1) is 18.6. The highest BCUT2D eigenvalue weighted by Crippen LogP contribution is 2.53. The van der Waals surface area contributed by atoms with Gasteiger partial charge in [-0.1, -0.05) is 0 Å². The van der Waals surface area contributed by atoms with Gasteiger partial charge in [-0.2, -0.15) is 0 Å². The van der Waals surface area contributed by atoms with E-state index in [1.54, 1.807) is 6.92 Å². The van der Waals surface area contributed by atoms with Crippen LogP contribution in [0, 0.1) is 59.2 Å². The van der Waals surface area contributed by atoms with Gasteiger partial charge in [-0.15, -0.1) is 23.7 Å². The van der Waals surface area contributed by atoms with Crippen LogP contribution in [0.1, 0.15) is 77.6 Å². The molecule has 38 heavy (non-hydrogen) atoms. The van der Waals surface area contributed by atoms with Gasteiger partial charge in [-0.05, 0) is 87.4 Å². The van der Waals surface area contributed by atoms with Gasteiger partial charge in [0.15, 0.2) is 0 Å². The monoisotopic (exact) mass is 526 g/mol. The van der Waals surface area contributed by atoms with Crippen LogP contribution in [0.4, 0.5) is 9.59 Å². The minimum Gasteiger partial charge on any atom is -0.464 e. The molecule has 7 atom stereocenters. The van der Waals surface area contributed by atoms with E-state index >= 15 is 0 Å². The van der Waals surface area contributed by atoms with E-state index in [2.05, 4.69) is 34.3 Å². The molecule has 0 aromatic heterocycles. The Morgan fingerprint density at radius 3 is 1.74 bits per heavy atom. The number of ether oxygens (including phenoxy) is 3. The maximum atomic E-state index is 12.4. The fraction of sp³-hybridized carbons (Fsp3) is 0.767. The number of amides is 2. The molecule has 4 aliphatic rings. The second-order valence-electron chi connectivity index (χ2n) is 10.9. The standard InChI is InChI=1S/C30H42N2O6/c1-2-36-28(33)27(32-30(35)38-20-26-23-15-9-5-6-10-16-24(23)26)17-11-12-18-31-29(34)37-19-25-21-13-7-3-4-8-14-22(21)25/h21-27H,2,7-20H2,1H3,(H,31,34)(H,32,35)/t21-,22+,23-,24+,25?,26?,27-/m0/s1. The first kappa shape index (κ1) is 28.1. The van der Waals surface area contributed by atoms with Crippen molar-refractivity contribution in [2.75, 3.05) is 26.4 Å². The van der Waals surface area contributed by atoms with E-state index < -0.39 is 24.2 Å². The normalized spacial score (nSPS) is 29.3. The lowest BCUT2D eigenvalue weighted by molar-refractivity contribution is -0.145. The van der Waals surface area contributed by atoms with E-state index in [0.717, 1.165) is 51.4 Å². The number of hydrogen-bond acceptors (Lipinski definition) is 6. The van der Waals surface area contributed by atoms with Gasteiger partial charge in [0.2, 0.25) is 0 Å². The molecular weight excluding hydrogens is 484 g/mol. The van der Waals surface area contributed by atoms with Crippen LogP contribution in [0.15, 0.2) is 0 Å². The molecule has 8 heteroatoms. The summed E-state index contributed by atoms with van der Waals surface area (Å²) in [7, 11) is 0. The molecule has 2 fully saturated rings. The van der Waals surface area contributed by atoms with Crippen molar-refractivity contribution in [3.05, 3.63) is 0 Å². The molecule has 0 saturated heterocycles. The molecule has 8 nitrogen and oxygen atoms in total. The Labute approximate surface area is 226 Å². The number of rotatable bonds is 12. The van der Waals surface area contributed by atoms with E-state index in [-0.39, 0.29) is 6.61 Å².